The maximum atomic E-state index is 11.9. The van der Waals surface area contributed by atoms with E-state index in [-0.39, 0.29) is 0 Å². The van der Waals surface area contributed by atoms with Crippen LogP contribution in [0.3, 0.4) is 0 Å². The van der Waals surface area contributed by atoms with Gasteiger partial charge in [0.25, 0.3) is 0 Å². The second kappa shape index (κ2) is 12.0. The summed E-state index contributed by atoms with van der Waals surface area (Å²) in [5, 5.41) is 6.67. The smallest absolute Gasteiger partial charge is 0.339 e. The molecule has 0 aromatic heterocycles. The van der Waals surface area contributed by atoms with Crippen molar-refractivity contribution in [2.24, 2.45) is 5.10 Å². The van der Waals surface area contributed by atoms with Crippen molar-refractivity contribution < 1.29 is 19.0 Å². The number of hydrogen-bond donors (Lipinski definition) is 2. The molecule has 0 aliphatic carbocycles. The van der Waals surface area contributed by atoms with Crippen molar-refractivity contribution in [2.75, 3.05) is 25.1 Å². The fraction of sp³-hybridized carbons (Fsp3) is 0.200. The maximum Gasteiger partial charge on any atom is 0.339 e. The normalized spacial score (nSPS) is 10.6. The number of aryl methyl sites for hydroxylation is 1. The molecule has 7 heteroatoms. The number of nitrogens with one attached hydrogen (secondary N) is 2. The number of carbonyl (C=O) groups excluding carboxylic acids is 1. The van der Waals surface area contributed by atoms with Gasteiger partial charge in [0.2, 0.25) is 0 Å². The first kappa shape index (κ1) is 22.7. The quantitative estimate of drug-likeness (QED) is 0.268. The summed E-state index contributed by atoms with van der Waals surface area (Å²) in [6, 6.07) is 22.0. The summed E-state index contributed by atoms with van der Waals surface area (Å²) in [6.45, 7) is 5.22. The van der Waals surface area contributed by atoms with E-state index in [1.165, 1.54) is 11.8 Å². The second-order valence-electron chi connectivity index (χ2n) is 6.84. The van der Waals surface area contributed by atoms with Crippen LogP contribution < -0.4 is 25.0 Å². The third-order valence-electron chi connectivity index (χ3n) is 4.31. The van der Waals surface area contributed by atoms with Crippen LogP contribution in [0.1, 0.15) is 18.1 Å². The Hall–Kier alpha value is -4.00. The first-order valence-corrected chi connectivity index (χ1v) is 10.4. The molecule has 2 amide bonds. The Morgan fingerprint density at radius 1 is 0.906 bits per heavy atom. The lowest BCUT2D eigenvalue weighted by atomic mass is 10.2. The van der Waals surface area contributed by atoms with E-state index in [1.807, 2.05) is 68.4 Å². The van der Waals surface area contributed by atoms with Gasteiger partial charge >= 0.3 is 6.03 Å². The predicted octanol–water partition coefficient (Wildman–Crippen LogP) is 5.01. The van der Waals surface area contributed by atoms with Crippen LogP contribution in [0, 0.1) is 6.92 Å². The molecule has 2 N–H and O–H groups in total. The van der Waals surface area contributed by atoms with Crippen molar-refractivity contribution in [2.45, 2.75) is 13.8 Å². The SMILES string of the molecule is CCOc1cc(/C=N\NC(=O)Nc2ccccc2)ccc1OCCOc1ccc(C)cc1. The molecule has 3 aromatic rings. The van der Waals surface area contributed by atoms with Crippen LogP contribution in [-0.2, 0) is 0 Å². The highest BCUT2D eigenvalue weighted by Gasteiger charge is 2.07. The molecule has 3 aromatic carbocycles. The monoisotopic (exact) mass is 433 g/mol. The second-order valence-corrected chi connectivity index (χ2v) is 6.84. The molecular weight excluding hydrogens is 406 g/mol. The van der Waals surface area contributed by atoms with E-state index in [9.17, 15) is 4.79 Å². The van der Waals surface area contributed by atoms with Crippen molar-refractivity contribution in [1.29, 1.82) is 0 Å². The van der Waals surface area contributed by atoms with E-state index in [1.54, 1.807) is 18.2 Å². The van der Waals surface area contributed by atoms with Crippen LogP contribution in [-0.4, -0.2) is 32.1 Å². The number of hydrazone groups is 1. The fourth-order valence-electron chi connectivity index (χ4n) is 2.78. The van der Waals surface area contributed by atoms with Crippen LogP contribution in [0.2, 0.25) is 0 Å². The summed E-state index contributed by atoms with van der Waals surface area (Å²) in [5.41, 5.74) is 5.07. The molecule has 0 heterocycles. The van der Waals surface area contributed by atoms with Gasteiger partial charge in [-0.3, -0.25) is 0 Å². The van der Waals surface area contributed by atoms with Gasteiger partial charge in [0.05, 0.1) is 12.8 Å². The standard InChI is InChI=1S/C25H27N3O4/c1-3-30-24-17-20(18-26-28-25(29)27-21-7-5-4-6-8-21)11-14-23(24)32-16-15-31-22-12-9-19(2)10-13-22/h4-14,17-18H,3,15-16H2,1-2H3,(H2,27,28,29)/b26-18-. The zero-order chi connectivity index (χ0) is 22.6. The van der Waals surface area contributed by atoms with E-state index >= 15 is 0 Å². The number of nitrogens with zero attached hydrogens (tertiary/aromatic N) is 1. The number of anilines is 1. The highest BCUT2D eigenvalue weighted by molar-refractivity contribution is 5.90. The molecule has 0 saturated carbocycles. The van der Waals surface area contributed by atoms with Crippen molar-refractivity contribution >= 4 is 17.9 Å². The molecule has 0 aliphatic rings. The highest BCUT2D eigenvalue weighted by atomic mass is 16.5. The van der Waals surface area contributed by atoms with Gasteiger partial charge in [-0.05, 0) is 61.9 Å². The summed E-state index contributed by atoms with van der Waals surface area (Å²) >= 11 is 0. The third kappa shape index (κ3) is 7.36. The number of para-hydroxylation sites is 1. The average molecular weight is 434 g/mol. The summed E-state index contributed by atoms with van der Waals surface area (Å²) in [4.78, 5) is 11.9. The minimum Gasteiger partial charge on any atom is -0.490 e. The van der Waals surface area contributed by atoms with Crippen molar-refractivity contribution in [3.05, 3.63) is 83.9 Å². The van der Waals surface area contributed by atoms with Crippen LogP contribution in [0.15, 0.2) is 77.9 Å². The molecule has 0 aliphatic heterocycles. The molecular formula is C25H27N3O4. The minimum absolute atomic E-state index is 0.378. The maximum absolute atomic E-state index is 11.9. The van der Waals surface area contributed by atoms with Gasteiger partial charge < -0.3 is 19.5 Å². The first-order valence-electron chi connectivity index (χ1n) is 10.4. The predicted molar refractivity (Wildman–Crippen MR) is 126 cm³/mol. The number of amides is 2. The molecule has 0 saturated heterocycles. The molecule has 0 radical (unpaired) electrons. The van der Waals surface area contributed by atoms with Crippen molar-refractivity contribution in [1.82, 2.24) is 5.43 Å². The first-order chi connectivity index (χ1) is 15.6. The Balaban J connectivity index is 1.50. The Morgan fingerprint density at radius 2 is 1.66 bits per heavy atom. The molecule has 0 unspecified atom stereocenters. The van der Waals surface area contributed by atoms with E-state index in [0.717, 1.165) is 11.3 Å². The number of ether oxygens (including phenoxy) is 3. The minimum atomic E-state index is -0.425. The van der Waals surface area contributed by atoms with Crippen molar-refractivity contribution in [3.8, 4) is 17.2 Å². The fourth-order valence-corrected chi connectivity index (χ4v) is 2.78. The number of carbonyl (C=O) groups is 1. The lowest BCUT2D eigenvalue weighted by Crippen LogP contribution is -2.24. The number of benzene rings is 3. The van der Waals surface area contributed by atoms with E-state index in [2.05, 4.69) is 15.8 Å². The van der Waals surface area contributed by atoms with Crippen LogP contribution in [0.4, 0.5) is 10.5 Å². The largest absolute Gasteiger partial charge is 0.490 e. The molecule has 3 rings (SSSR count). The molecule has 7 nitrogen and oxygen atoms in total. The van der Waals surface area contributed by atoms with Crippen LogP contribution in [0.25, 0.3) is 0 Å². The Morgan fingerprint density at radius 3 is 2.41 bits per heavy atom. The summed E-state index contributed by atoms with van der Waals surface area (Å²) in [6.07, 6.45) is 1.54. The Kier molecular flexibility index (Phi) is 8.50. The average Bonchev–Trinajstić information content (AvgIpc) is 2.80. The van der Waals surface area contributed by atoms with E-state index in [0.29, 0.717) is 37.0 Å². The summed E-state index contributed by atoms with van der Waals surface area (Å²) in [7, 11) is 0. The zero-order valence-electron chi connectivity index (χ0n) is 18.2. The van der Waals surface area contributed by atoms with Crippen LogP contribution in [0.5, 0.6) is 17.2 Å². The van der Waals surface area contributed by atoms with Gasteiger partial charge in [-0.1, -0.05) is 35.9 Å². The molecule has 32 heavy (non-hydrogen) atoms. The van der Waals surface area contributed by atoms with Crippen LogP contribution >= 0.6 is 0 Å². The molecule has 0 fully saturated rings. The lowest BCUT2D eigenvalue weighted by molar-refractivity contribution is 0.208. The lowest BCUT2D eigenvalue weighted by Gasteiger charge is -2.13. The Bertz CT molecular complexity index is 1020. The zero-order valence-corrected chi connectivity index (χ0v) is 18.2. The summed E-state index contributed by atoms with van der Waals surface area (Å²) < 4.78 is 17.2. The van der Waals surface area contributed by atoms with E-state index in [4.69, 9.17) is 14.2 Å². The highest BCUT2D eigenvalue weighted by Crippen LogP contribution is 2.28. The number of urea groups is 1. The number of hydrogen-bond acceptors (Lipinski definition) is 5. The van der Waals surface area contributed by atoms with Gasteiger partial charge in [0.1, 0.15) is 19.0 Å². The topological polar surface area (TPSA) is 81.2 Å². The van der Waals surface area contributed by atoms with Gasteiger partial charge in [-0.15, -0.1) is 0 Å². The van der Waals surface area contributed by atoms with Gasteiger partial charge in [0.15, 0.2) is 11.5 Å². The Labute approximate surface area is 188 Å². The molecule has 0 atom stereocenters. The molecule has 166 valence electrons. The number of rotatable bonds is 10. The molecule has 0 spiro atoms. The van der Waals surface area contributed by atoms with Gasteiger partial charge in [0, 0.05) is 5.69 Å². The van der Waals surface area contributed by atoms with Crippen molar-refractivity contribution in [3.63, 3.8) is 0 Å². The summed E-state index contributed by atoms with van der Waals surface area (Å²) in [5.74, 6) is 2.02. The third-order valence-corrected chi connectivity index (χ3v) is 4.31. The van der Waals surface area contributed by atoms with Gasteiger partial charge in [-0.2, -0.15) is 5.10 Å². The molecule has 0 bridgehead atoms. The van der Waals surface area contributed by atoms with E-state index < -0.39 is 6.03 Å². The van der Waals surface area contributed by atoms with Gasteiger partial charge in [-0.25, -0.2) is 10.2 Å².